The molecule has 0 radical (unpaired) electrons. The van der Waals surface area contributed by atoms with E-state index in [0.29, 0.717) is 33.9 Å². The van der Waals surface area contributed by atoms with Crippen molar-refractivity contribution in [1.82, 2.24) is 9.97 Å². The second kappa shape index (κ2) is 8.09. The van der Waals surface area contributed by atoms with Crippen LogP contribution in [0.25, 0.3) is 22.0 Å². The van der Waals surface area contributed by atoms with Gasteiger partial charge in [0.25, 0.3) is 5.56 Å². The molecule has 4 nitrogen and oxygen atoms in total. The first-order valence-corrected chi connectivity index (χ1v) is 9.31. The predicted molar refractivity (Wildman–Crippen MR) is 108 cm³/mol. The number of ether oxygens (including phenoxy) is 1. The molecule has 0 amide bonds. The van der Waals surface area contributed by atoms with Crippen molar-refractivity contribution in [2.45, 2.75) is 33.1 Å². The van der Waals surface area contributed by atoms with Gasteiger partial charge in [0, 0.05) is 6.42 Å². The third-order valence-electron chi connectivity index (χ3n) is 4.39. The molecular formula is C21H22ClFN2O2. The lowest BCUT2D eigenvalue weighted by Gasteiger charge is -2.16. The number of rotatable bonds is 6. The minimum Gasteiger partial charge on any atom is -0.492 e. The summed E-state index contributed by atoms with van der Waals surface area (Å²) in [6.45, 7) is 5.79. The fraction of sp³-hybridized carbons (Fsp3) is 0.333. The largest absolute Gasteiger partial charge is 0.492 e. The van der Waals surface area contributed by atoms with Crippen molar-refractivity contribution < 1.29 is 9.13 Å². The van der Waals surface area contributed by atoms with E-state index in [9.17, 15) is 9.18 Å². The Morgan fingerprint density at radius 2 is 2.04 bits per heavy atom. The van der Waals surface area contributed by atoms with Gasteiger partial charge in [0.1, 0.15) is 11.6 Å². The molecule has 1 N–H and O–H groups in total. The van der Waals surface area contributed by atoms with E-state index in [1.165, 1.54) is 0 Å². The summed E-state index contributed by atoms with van der Waals surface area (Å²) in [5.74, 6) is 1.33. The van der Waals surface area contributed by atoms with Gasteiger partial charge in [0.15, 0.2) is 0 Å². The van der Waals surface area contributed by atoms with E-state index in [2.05, 4.69) is 23.8 Å². The number of H-pyrrole nitrogens is 1. The highest BCUT2D eigenvalue weighted by atomic mass is 35.5. The van der Waals surface area contributed by atoms with Gasteiger partial charge >= 0.3 is 0 Å². The van der Waals surface area contributed by atoms with Crippen LogP contribution in [0, 0.1) is 6.92 Å². The zero-order valence-electron chi connectivity index (χ0n) is 15.6. The topological polar surface area (TPSA) is 55.0 Å². The molecule has 1 aromatic heterocycles. The third-order valence-corrected chi connectivity index (χ3v) is 4.71. The van der Waals surface area contributed by atoms with Crippen molar-refractivity contribution in [2.75, 3.05) is 13.3 Å². The van der Waals surface area contributed by atoms with Crippen LogP contribution in [0.1, 0.15) is 37.6 Å². The Morgan fingerprint density at radius 3 is 2.74 bits per heavy atom. The lowest BCUT2D eigenvalue weighted by Crippen LogP contribution is -2.10. The number of nitrogens with one attached hydrogen (secondary N) is 1. The summed E-state index contributed by atoms with van der Waals surface area (Å²) < 4.78 is 18.0. The normalized spacial score (nSPS) is 11.3. The number of fused-ring (bicyclic) bond motifs is 1. The van der Waals surface area contributed by atoms with Gasteiger partial charge in [-0.2, -0.15) is 0 Å². The summed E-state index contributed by atoms with van der Waals surface area (Å²) in [5.41, 5.74) is 3.41. The molecule has 0 unspecified atom stereocenters. The molecule has 2 aromatic carbocycles. The van der Waals surface area contributed by atoms with Gasteiger partial charge in [-0.25, -0.2) is 4.98 Å². The van der Waals surface area contributed by atoms with Gasteiger partial charge in [-0.15, -0.1) is 0 Å². The van der Waals surface area contributed by atoms with E-state index in [4.69, 9.17) is 16.3 Å². The van der Waals surface area contributed by atoms with E-state index in [1.54, 1.807) is 13.0 Å². The fourth-order valence-corrected chi connectivity index (χ4v) is 3.24. The molecule has 1 heterocycles. The lowest BCUT2D eigenvalue weighted by molar-refractivity contribution is 0.290. The number of aryl methyl sites for hydroxylation is 1. The molecule has 0 bridgehead atoms. The summed E-state index contributed by atoms with van der Waals surface area (Å²) in [6.07, 6.45) is 0.314. The Morgan fingerprint density at radius 1 is 1.26 bits per heavy atom. The van der Waals surface area contributed by atoms with Crippen LogP contribution >= 0.6 is 11.6 Å². The van der Waals surface area contributed by atoms with E-state index >= 15 is 0 Å². The molecule has 0 atom stereocenters. The maximum absolute atomic E-state index is 12.4. The Hall–Kier alpha value is -2.40. The first-order chi connectivity index (χ1) is 12.9. The van der Waals surface area contributed by atoms with Crippen molar-refractivity contribution in [3.8, 4) is 16.9 Å². The number of hydrogen-bond donors (Lipinski definition) is 1. The molecular weight excluding hydrogens is 367 g/mol. The SMILES string of the molecule is Cc1nc2cc(C(C)C)c(-c3ccc(Cl)c(OCCCF)c3)cc2c(=O)[nH]1. The number of alkyl halides is 1. The molecule has 27 heavy (non-hydrogen) atoms. The van der Waals surface area contributed by atoms with Crippen LogP contribution in [0.5, 0.6) is 5.75 Å². The molecule has 3 rings (SSSR count). The second-order valence-corrected chi connectivity index (χ2v) is 7.21. The predicted octanol–water partition coefficient (Wildman–Crippen LogP) is 5.41. The zero-order valence-corrected chi connectivity index (χ0v) is 16.4. The average Bonchev–Trinajstić information content (AvgIpc) is 2.62. The van der Waals surface area contributed by atoms with Crippen LogP contribution in [0.4, 0.5) is 4.39 Å². The van der Waals surface area contributed by atoms with Gasteiger partial charge < -0.3 is 9.72 Å². The Kier molecular flexibility index (Phi) is 5.80. The first-order valence-electron chi connectivity index (χ1n) is 8.94. The zero-order chi connectivity index (χ0) is 19.6. The molecule has 0 saturated heterocycles. The van der Waals surface area contributed by atoms with Crippen LogP contribution in [-0.4, -0.2) is 23.2 Å². The number of aromatic amines is 1. The van der Waals surface area contributed by atoms with Crippen molar-refractivity contribution in [3.05, 3.63) is 57.1 Å². The maximum Gasteiger partial charge on any atom is 0.258 e. The van der Waals surface area contributed by atoms with Crippen LogP contribution in [0.2, 0.25) is 5.02 Å². The van der Waals surface area contributed by atoms with Crippen LogP contribution < -0.4 is 10.3 Å². The molecule has 0 aliphatic carbocycles. The maximum atomic E-state index is 12.4. The summed E-state index contributed by atoms with van der Waals surface area (Å²) in [4.78, 5) is 19.6. The van der Waals surface area contributed by atoms with Crippen LogP contribution in [-0.2, 0) is 0 Å². The van der Waals surface area contributed by atoms with Gasteiger partial charge in [0.05, 0.1) is 29.2 Å². The smallest absolute Gasteiger partial charge is 0.258 e. The highest BCUT2D eigenvalue weighted by Crippen LogP contribution is 2.36. The Bertz CT molecular complexity index is 1030. The van der Waals surface area contributed by atoms with Crippen molar-refractivity contribution in [3.63, 3.8) is 0 Å². The monoisotopic (exact) mass is 388 g/mol. The molecule has 0 spiro atoms. The number of aromatic nitrogens is 2. The van der Waals surface area contributed by atoms with E-state index in [-0.39, 0.29) is 18.1 Å². The lowest BCUT2D eigenvalue weighted by atomic mass is 9.91. The van der Waals surface area contributed by atoms with E-state index < -0.39 is 6.67 Å². The number of nitrogens with zero attached hydrogens (tertiary/aromatic N) is 1. The molecule has 142 valence electrons. The molecule has 0 aliphatic rings. The number of hydrogen-bond acceptors (Lipinski definition) is 3. The Labute approximate surface area is 162 Å². The van der Waals surface area contributed by atoms with Crippen molar-refractivity contribution in [1.29, 1.82) is 0 Å². The van der Waals surface area contributed by atoms with E-state index in [1.807, 2.05) is 24.3 Å². The van der Waals surface area contributed by atoms with Crippen molar-refractivity contribution >= 4 is 22.5 Å². The molecule has 6 heteroatoms. The quantitative estimate of drug-likeness (QED) is 0.574. The average molecular weight is 389 g/mol. The number of halogens is 2. The highest BCUT2D eigenvalue weighted by molar-refractivity contribution is 6.32. The fourth-order valence-electron chi connectivity index (χ4n) is 3.06. The number of benzene rings is 2. The highest BCUT2D eigenvalue weighted by Gasteiger charge is 2.15. The van der Waals surface area contributed by atoms with Gasteiger partial charge in [-0.3, -0.25) is 9.18 Å². The van der Waals surface area contributed by atoms with Gasteiger partial charge in [-0.05, 0) is 53.8 Å². The molecule has 0 fully saturated rings. The molecule has 3 aromatic rings. The summed E-state index contributed by atoms with van der Waals surface area (Å²) >= 11 is 6.22. The van der Waals surface area contributed by atoms with Crippen LogP contribution in [0.15, 0.2) is 35.1 Å². The summed E-state index contributed by atoms with van der Waals surface area (Å²) in [6, 6.07) is 9.32. The third kappa shape index (κ3) is 4.14. The minimum atomic E-state index is -0.436. The molecule has 0 saturated carbocycles. The van der Waals surface area contributed by atoms with E-state index in [0.717, 1.165) is 16.7 Å². The Balaban J connectivity index is 2.16. The minimum absolute atomic E-state index is 0.164. The summed E-state index contributed by atoms with van der Waals surface area (Å²) in [7, 11) is 0. The molecule has 0 aliphatic heterocycles. The second-order valence-electron chi connectivity index (χ2n) is 6.80. The first kappa shape index (κ1) is 19.4. The van der Waals surface area contributed by atoms with Gasteiger partial charge in [-0.1, -0.05) is 31.5 Å². The van der Waals surface area contributed by atoms with Gasteiger partial charge in [0.2, 0.25) is 0 Å². The standard InChI is InChI=1S/C21H22ClFN2O2/c1-12(2)15-11-19-17(21(26)25-13(3)24-19)10-16(15)14-5-6-18(22)20(9-14)27-8-4-7-23/h5-6,9-12H,4,7-8H2,1-3H3,(H,24,25,26). The van der Waals surface area contributed by atoms with Crippen LogP contribution in [0.3, 0.4) is 0 Å². The van der Waals surface area contributed by atoms with Crippen molar-refractivity contribution in [2.24, 2.45) is 0 Å². The summed E-state index contributed by atoms with van der Waals surface area (Å²) in [5, 5.41) is 1.01.